The molecule has 4 N–H and O–H groups in total. The molecule has 2 heterocycles. The zero-order valence-corrected chi connectivity index (χ0v) is 13.1. The third kappa shape index (κ3) is 3.06. The highest BCUT2D eigenvalue weighted by molar-refractivity contribution is 5.82. The summed E-state index contributed by atoms with van der Waals surface area (Å²) in [7, 11) is 2.07. The van der Waals surface area contributed by atoms with E-state index < -0.39 is 0 Å². The van der Waals surface area contributed by atoms with E-state index in [0.717, 1.165) is 22.5 Å². The Balaban J connectivity index is 1.95. The summed E-state index contributed by atoms with van der Waals surface area (Å²) in [4.78, 5) is 0. The van der Waals surface area contributed by atoms with Crippen LogP contribution in [0.4, 0.5) is 0 Å². The molecule has 0 fully saturated rings. The first kappa shape index (κ1) is 14.8. The van der Waals surface area contributed by atoms with Gasteiger partial charge < -0.3 is 11.5 Å². The number of aryl methyl sites for hydroxylation is 2. The number of nitrogens with zero attached hydrogens (tertiary/aromatic N) is 4. The molecule has 0 unspecified atom stereocenters. The number of fused-ring (bicyclic) bond motifs is 1. The Morgan fingerprint density at radius 2 is 1.91 bits per heavy atom. The summed E-state index contributed by atoms with van der Waals surface area (Å²) in [5, 5.41) is 7.40. The fraction of sp³-hybridized carbons (Fsp3) is 0.118. The number of hydrogen-bond acceptors (Lipinski definition) is 2. The average Bonchev–Trinajstić information content (AvgIpc) is 2.85. The second-order valence-corrected chi connectivity index (χ2v) is 5.43. The van der Waals surface area contributed by atoms with Crippen LogP contribution in [0.1, 0.15) is 11.1 Å². The number of imidazole rings is 1. The van der Waals surface area contributed by atoms with Crippen LogP contribution in [0.3, 0.4) is 0 Å². The molecule has 0 aliphatic carbocycles. The molecule has 0 amide bonds. The van der Waals surface area contributed by atoms with Gasteiger partial charge in [-0.2, -0.15) is 5.10 Å². The molecule has 3 aromatic rings. The molecule has 23 heavy (non-hydrogen) atoms. The molecule has 0 spiro atoms. The van der Waals surface area contributed by atoms with Crippen LogP contribution >= 0.6 is 0 Å². The largest absolute Gasteiger partial charge is 0.369 e. The number of nitrogens with two attached hydrogens (primary N) is 2. The number of pyridine rings is 1. The standard InChI is InChI=1S/C17H19N6/c1-12-7-8-23-11-15(22(2)16(23)9-12)14-5-3-13(4-6-14)10-20-21-17(18)19/h3-11H,1-2H3,(H4,18,19,21)/q+1/b20-10+. The monoisotopic (exact) mass is 307 g/mol. The number of rotatable bonds is 3. The number of hydrogen-bond donors (Lipinski definition) is 2. The third-order valence-electron chi connectivity index (χ3n) is 3.67. The lowest BCUT2D eigenvalue weighted by Crippen LogP contribution is -2.21. The van der Waals surface area contributed by atoms with Crippen molar-refractivity contribution in [2.75, 3.05) is 0 Å². The van der Waals surface area contributed by atoms with Crippen LogP contribution in [-0.4, -0.2) is 16.7 Å². The summed E-state index contributed by atoms with van der Waals surface area (Å²) in [5.41, 5.74) is 16.1. The fourth-order valence-corrected chi connectivity index (χ4v) is 2.49. The summed E-state index contributed by atoms with van der Waals surface area (Å²) >= 11 is 0. The van der Waals surface area contributed by atoms with Gasteiger partial charge in [0.25, 0.3) is 5.65 Å². The highest BCUT2D eigenvalue weighted by Crippen LogP contribution is 2.20. The Morgan fingerprint density at radius 1 is 1.17 bits per heavy atom. The first-order valence-electron chi connectivity index (χ1n) is 7.24. The summed E-state index contributed by atoms with van der Waals surface area (Å²) in [5.74, 6) is -0.0549. The van der Waals surface area contributed by atoms with E-state index in [0.29, 0.717) is 0 Å². The van der Waals surface area contributed by atoms with Gasteiger partial charge in [-0.1, -0.05) is 12.1 Å². The Kier molecular flexibility index (Phi) is 3.80. The number of aromatic nitrogens is 2. The Hall–Kier alpha value is -3.15. The van der Waals surface area contributed by atoms with Gasteiger partial charge in [-0.15, -0.1) is 5.10 Å². The normalized spacial score (nSPS) is 11.2. The van der Waals surface area contributed by atoms with E-state index in [1.54, 1.807) is 6.21 Å². The molecule has 3 rings (SSSR count). The van der Waals surface area contributed by atoms with E-state index >= 15 is 0 Å². The molecule has 0 aliphatic heterocycles. The topological polar surface area (TPSA) is 85.8 Å². The lowest BCUT2D eigenvalue weighted by molar-refractivity contribution is -0.510. The smallest absolute Gasteiger partial charge is 0.286 e. The van der Waals surface area contributed by atoms with Gasteiger partial charge >= 0.3 is 0 Å². The van der Waals surface area contributed by atoms with Crippen molar-refractivity contribution in [1.82, 2.24) is 4.57 Å². The Morgan fingerprint density at radius 3 is 2.61 bits per heavy atom. The molecular weight excluding hydrogens is 288 g/mol. The highest BCUT2D eigenvalue weighted by atomic mass is 15.3. The number of guanidine groups is 1. The molecule has 0 aliphatic rings. The zero-order chi connectivity index (χ0) is 16.4. The van der Waals surface area contributed by atoms with Crippen molar-refractivity contribution in [2.45, 2.75) is 6.92 Å². The number of benzene rings is 1. The Labute approximate surface area is 134 Å². The van der Waals surface area contributed by atoms with E-state index in [9.17, 15) is 0 Å². The molecule has 0 saturated carbocycles. The predicted molar refractivity (Wildman–Crippen MR) is 92.1 cm³/mol. The second-order valence-electron chi connectivity index (χ2n) is 5.43. The molecule has 0 saturated heterocycles. The van der Waals surface area contributed by atoms with Crippen LogP contribution < -0.4 is 15.9 Å². The molecular formula is C17H19N6+. The molecule has 0 radical (unpaired) electrons. The van der Waals surface area contributed by atoms with E-state index in [1.807, 2.05) is 12.1 Å². The van der Waals surface area contributed by atoms with Crippen molar-refractivity contribution in [3.8, 4) is 11.3 Å². The van der Waals surface area contributed by atoms with Crippen LogP contribution in [0.15, 0.2) is 59.0 Å². The molecule has 1 aromatic carbocycles. The minimum absolute atomic E-state index is 0.0549. The van der Waals surface area contributed by atoms with Crippen LogP contribution in [-0.2, 0) is 7.05 Å². The molecule has 2 aromatic heterocycles. The fourth-order valence-electron chi connectivity index (χ4n) is 2.49. The van der Waals surface area contributed by atoms with Crippen molar-refractivity contribution in [2.24, 2.45) is 28.7 Å². The maximum Gasteiger partial charge on any atom is 0.286 e. The van der Waals surface area contributed by atoms with Crippen LogP contribution in [0, 0.1) is 6.92 Å². The molecule has 6 nitrogen and oxygen atoms in total. The summed E-state index contributed by atoms with van der Waals surface area (Å²) in [6.45, 7) is 2.09. The minimum Gasteiger partial charge on any atom is -0.369 e. The maximum atomic E-state index is 5.23. The quantitative estimate of drug-likeness (QED) is 0.331. The van der Waals surface area contributed by atoms with Gasteiger partial charge in [-0.25, -0.2) is 8.97 Å². The van der Waals surface area contributed by atoms with Crippen molar-refractivity contribution in [3.63, 3.8) is 0 Å². The lowest BCUT2D eigenvalue weighted by Gasteiger charge is -1.98. The van der Waals surface area contributed by atoms with E-state index in [2.05, 4.69) is 69.8 Å². The second kappa shape index (κ2) is 5.92. The van der Waals surface area contributed by atoms with E-state index in [1.165, 1.54) is 5.56 Å². The third-order valence-corrected chi connectivity index (χ3v) is 3.67. The molecule has 0 atom stereocenters. The summed E-state index contributed by atoms with van der Waals surface area (Å²) in [6.07, 6.45) is 5.81. The van der Waals surface area contributed by atoms with Gasteiger partial charge in [-0.3, -0.25) is 0 Å². The van der Waals surface area contributed by atoms with Crippen LogP contribution in [0.25, 0.3) is 16.9 Å². The van der Waals surface area contributed by atoms with Gasteiger partial charge in [0.2, 0.25) is 5.96 Å². The zero-order valence-electron chi connectivity index (χ0n) is 13.1. The van der Waals surface area contributed by atoms with Gasteiger partial charge in [0.05, 0.1) is 19.5 Å². The molecule has 0 bridgehead atoms. The average molecular weight is 307 g/mol. The highest BCUT2D eigenvalue weighted by Gasteiger charge is 2.15. The molecule has 116 valence electrons. The maximum absolute atomic E-state index is 5.23. The van der Waals surface area contributed by atoms with Gasteiger partial charge in [-0.05, 0) is 36.2 Å². The van der Waals surface area contributed by atoms with Gasteiger partial charge in [0, 0.05) is 11.6 Å². The van der Waals surface area contributed by atoms with Gasteiger partial charge in [0.15, 0.2) is 5.69 Å². The van der Waals surface area contributed by atoms with Crippen molar-refractivity contribution in [3.05, 3.63) is 59.9 Å². The van der Waals surface area contributed by atoms with E-state index in [-0.39, 0.29) is 5.96 Å². The summed E-state index contributed by atoms with van der Waals surface area (Å²) in [6, 6.07) is 12.3. The Bertz CT molecular complexity index is 899. The van der Waals surface area contributed by atoms with Gasteiger partial charge in [0.1, 0.15) is 6.20 Å². The molecule has 6 heteroatoms. The van der Waals surface area contributed by atoms with Crippen LogP contribution in [0.5, 0.6) is 0 Å². The predicted octanol–water partition coefficient (Wildman–Crippen LogP) is 1.35. The SMILES string of the molecule is Cc1cc[n+]2cc(-c3ccc(/C=N/N=C(N)N)cc3)n(C)c2c1. The first-order chi connectivity index (χ1) is 11.0. The van der Waals surface area contributed by atoms with Crippen molar-refractivity contribution >= 4 is 17.8 Å². The lowest BCUT2D eigenvalue weighted by atomic mass is 10.1. The summed E-state index contributed by atoms with van der Waals surface area (Å²) < 4.78 is 4.30. The van der Waals surface area contributed by atoms with Crippen LogP contribution in [0.2, 0.25) is 0 Å². The first-order valence-corrected chi connectivity index (χ1v) is 7.24. The van der Waals surface area contributed by atoms with Crippen molar-refractivity contribution in [1.29, 1.82) is 0 Å². The van der Waals surface area contributed by atoms with Crippen molar-refractivity contribution < 1.29 is 4.40 Å². The minimum atomic E-state index is -0.0549. The van der Waals surface area contributed by atoms with E-state index in [4.69, 9.17) is 11.5 Å².